The molecule has 0 aliphatic heterocycles. The Labute approximate surface area is 177 Å². The maximum Gasteiger partial charge on any atom is 0.422 e. The minimum absolute atomic E-state index is 0.209. The molecule has 31 heavy (non-hydrogen) atoms. The van der Waals surface area contributed by atoms with Gasteiger partial charge in [0.05, 0.1) is 18.3 Å². The molecule has 2 aromatic carbocycles. The van der Waals surface area contributed by atoms with Crippen molar-refractivity contribution in [3.63, 3.8) is 0 Å². The Hall–Kier alpha value is -3.00. The number of pyridine rings is 1. The molecule has 8 heteroatoms. The van der Waals surface area contributed by atoms with Gasteiger partial charge in [0.2, 0.25) is 0 Å². The highest BCUT2D eigenvalue weighted by Gasteiger charge is 2.55. The van der Waals surface area contributed by atoms with Crippen LogP contribution in [0, 0.1) is 5.82 Å². The van der Waals surface area contributed by atoms with Crippen molar-refractivity contribution < 1.29 is 27.4 Å². The average Bonchev–Trinajstić information content (AvgIpc) is 2.71. The summed E-state index contributed by atoms with van der Waals surface area (Å²) in [4.78, 5) is 8.12. The molecule has 0 bridgehead atoms. The van der Waals surface area contributed by atoms with Gasteiger partial charge in [0, 0.05) is 23.4 Å². The van der Waals surface area contributed by atoms with Gasteiger partial charge in [-0.05, 0) is 54.3 Å². The van der Waals surface area contributed by atoms with Crippen molar-refractivity contribution in [2.45, 2.75) is 37.5 Å². The van der Waals surface area contributed by atoms with Crippen LogP contribution in [-0.4, -0.2) is 35.2 Å². The maximum absolute atomic E-state index is 14.0. The quantitative estimate of drug-likeness (QED) is 0.397. The largest absolute Gasteiger partial charge is 0.496 e. The number of alkyl halides is 3. The van der Waals surface area contributed by atoms with Crippen LogP contribution in [0.1, 0.15) is 25.8 Å². The fourth-order valence-electron chi connectivity index (χ4n) is 3.57. The van der Waals surface area contributed by atoms with Crippen molar-refractivity contribution in [1.82, 2.24) is 4.98 Å². The van der Waals surface area contributed by atoms with E-state index >= 15 is 0 Å². The van der Waals surface area contributed by atoms with E-state index in [-0.39, 0.29) is 17.0 Å². The van der Waals surface area contributed by atoms with E-state index in [9.17, 15) is 22.7 Å². The van der Waals surface area contributed by atoms with Gasteiger partial charge in [-0.15, -0.1) is 0 Å². The topological polar surface area (TPSA) is 54.7 Å². The Morgan fingerprint density at radius 3 is 2.52 bits per heavy atom. The fourth-order valence-corrected chi connectivity index (χ4v) is 3.57. The van der Waals surface area contributed by atoms with Crippen LogP contribution in [0.2, 0.25) is 0 Å². The molecule has 0 spiro atoms. The van der Waals surface area contributed by atoms with Gasteiger partial charge >= 0.3 is 6.18 Å². The zero-order chi connectivity index (χ0) is 22.9. The fraction of sp³-hybridized carbons (Fsp3) is 0.304. The molecule has 164 valence electrons. The van der Waals surface area contributed by atoms with Gasteiger partial charge in [0.25, 0.3) is 0 Å². The van der Waals surface area contributed by atoms with Crippen LogP contribution in [0.4, 0.5) is 23.2 Å². The van der Waals surface area contributed by atoms with Crippen LogP contribution < -0.4 is 4.74 Å². The highest BCUT2D eigenvalue weighted by Crippen LogP contribution is 2.43. The zero-order valence-electron chi connectivity index (χ0n) is 17.2. The van der Waals surface area contributed by atoms with Crippen molar-refractivity contribution in [2.75, 3.05) is 7.11 Å². The molecule has 0 aliphatic carbocycles. The number of hydrogen-bond donors (Lipinski definition) is 1. The van der Waals surface area contributed by atoms with Crippen LogP contribution in [0.15, 0.2) is 59.7 Å². The highest BCUT2D eigenvalue weighted by atomic mass is 19.4. The van der Waals surface area contributed by atoms with Gasteiger partial charge < -0.3 is 9.84 Å². The molecule has 3 aromatic rings. The molecular weight excluding hydrogens is 412 g/mol. The number of methoxy groups -OCH3 is 1. The lowest BCUT2D eigenvalue weighted by molar-refractivity contribution is -0.234. The van der Waals surface area contributed by atoms with Crippen molar-refractivity contribution in [3.8, 4) is 5.75 Å². The Morgan fingerprint density at radius 2 is 1.84 bits per heavy atom. The predicted octanol–water partition coefficient (Wildman–Crippen LogP) is 5.75. The van der Waals surface area contributed by atoms with Crippen molar-refractivity contribution in [3.05, 3.63) is 66.1 Å². The van der Waals surface area contributed by atoms with E-state index in [1.54, 1.807) is 30.5 Å². The second-order valence-electron chi connectivity index (χ2n) is 7.93. The van der Waals surface area contributed by atoms with Crippen LogP contribution >= 0.6 is 0 Å². The van der Waals surface area contributed by atoms with E-state index in [1.807, 2.05) is 0 Å². The number of aliphatic imine (C=N–C) groups is 1. The Bertz CT molecular complexity index is 1110. The summed E-state index contributed by atoms with van der Waals surface area (Å²) in [6.07, 6.45) is -3.74. The molecule has 0 aliphatic rings. The maximum atomic E-state index is 14.0. The summed E-state index contributed by atoms with van der Waals surface area (Å²) in [7, 11) is 1.35. The minimum atomic E-state index is -5.02. The number of aliphatic hydroxyl groups is 1. The van der Waals surface area contributed by atoms with Gasteiger partial charge in [-0.25, -0.2) is 4.39 Å². The molecule has 0 saturated carbocycles. The number of fused-ring (bicyclic) bond motifs is 1. The van der Waals surface area contributed by atoms with Gasteiger partial charge in [0.1, 0.15) is 11.6 Å². The summed E-state index contributed by atoms with van der Waals surface area (Å²) < 4.78 is 60.9. The lowest BCUT2D eigenvalue weighted by Gasteiger charge is -2.36. The smallest absolute Gasteiger partial charge is 0.422 e. The first-order chi connectivity index (χ1) is 14.5. The summed E-state index contributed by atoms with van der Waals surface area (Å²) in [5.41, 5.74) is -3.55. The van der Waals surface area contributed by atoms with Gasteiger partial charge in [-0.1, -0.05) is 19.9 Å². The van der Waals surface area contributed by atoms with Crippen LogP contribution in [0.25, 0.3) is 10.9 Å². The van der Waals surface area contributed by atoms with E-state index in [0.29, 0.717) is 17.1 Å². The Kier molecular flexibility index (Phi) is 6.04. The monoisotopic (exact) mass is 434 g/mol. The van der Waals surface area contributed by atoms with E-state index < -0.39 is 29.4 Å². The summed E-state index contributed by atoms with van der Waals surface area (Å²) in [6, 6.07) is 11.8. The lowest BCUT2D eigenvalue weighted by atomic mass is 9.74. The molecule has 0 radical (unpaired) electrons. The Morgan fingerprint density at radius 1 is 1.10 bits per heavy atom. The summed E-state index contributed by atoms with van der Waals surface area (Å²) in [5.74, 6) is -0.385. The van der Waals surface area contributed by atoms with E-state index in [0.717, 1.165) is 12.1 Å². The van der Waals surface area contributed by atoms with Crippen molar-refractivity contribution in [2.24, 2.45) is 4.99 Å². The molecule has 0 fully saturated rings. The van der Waals surface area contributed by atoms with Crippen LogP contribution in [0.5, 0.6) is 5.75 Å². The number of halogens is 4. The molecule has 4 nitrogen and oxygen atoms in total. The normalized spacial score (nSPS) is 14.7. The van der Waals surface area contributed by atoms with Crippen molar-refractivity contribution >= 4 is 22.8 Å². The molecule has 0 saturated heterocycles. The molecule has 1 unspecified atom stereocenters. The third-order valence-corrected chi connectivity index (χ3v) is 5.13. The molecule has 3 rings (SSSR count). The first-order valence-corrected chi connectivity index (χ1v) is 9.49. The summed E-state index contributed by atoms with van der Waals surface area (Å²) in [6.45, 7) is 2.97. The molecule has 1 N–H and O–H groups in total. The third kappa shape index (κ3) is 4.69. The van der Waals surface area contributed by atoms with Crippen LogP contribution in [-0.2, 0) is 5.41 Å². The second kappa shape index (κ2) is 8.26. The molecule has 1 atom stereocenters. The molecule has 0 amide bonds. The van der Waals surface area contributed by atoms with Crippen molar-refractivity contribution in [1.29, 1.82) is 0 Å². The Balaban J connectivity index is 2.03. The van der Waals surface area contributed by atoms with Gasteiger partial charge in [-0.3, -0.25) is 9.98 Å². The number of hydrogen-bond acceptors (Lipinski definition) is 4. The lowest BCUT2D eigenvalue weighted by Crippen LogP contribution is -2.50. The second-order valence-corrected chi connectivity index (χ2v) is 7.93. The zero-order valence-corrected chi connectivity index (χ0v) is 17.2. The standard InChI is InChI=1S/C23H22F4N2O2/c1-21(2,17-12-15(24)9-10-20(17)31-3)13-22(30,23(25,26)27)14-29-19-8-4-7-18-16(19)6-5-11-28-18/h4-12,14,30H,13H2,1-3H3. The van der Waals surface area contributed by atoms with E-state index in [2.05, 4.69) is 9.98 Å². The number of rotatable bonds is 6. The van der Waals surface area contributed by atoms with Gasteiger partial charge in [0.15, 0.2) is 5.60 Å². The van der Waals surface area contributed by atoms with Gasteiger partial charge in [-0.2, -0.15) is 13.2 Å². The SMILES string of the molecule is COc1ccc(F)cc1C(C)(C)CC(O)(C=Nc1cccc2ncccc12)C(F)(F)F. The number of aromatic nitrogens is 1. The van der Waals surface area contributed by atoms with Crippen LogP contribution in [0.3, 0.4) is 0 Å². The van der Waals surface area contributed by atoms with E-state index in [4.69, 9.17) is 4.74 Å². The summed E-state index contributed by atoms with van der Waals surface area (Å²) >= 11 is 0. The molecule has 1 heterocycles. The molecule has 1 aromatic heterocycles. The highest BCUT2D eigenvalue weighted by molar-refractivity contribution is 5.91. The first kappa shape index (κ1) is 22.7. The third-order valence-electron chi connectivity index (χ3n) is 5.13. The average molecular weight is 434 g/mol. The summed E-state index contributed by atoms with van der Waals surface area (Å²) in [5, 5.41) is 11.2. The predicted molar refractivity (Wildman–Crippen MR) is 111 cm³/mol. The minimum Gasteiger partial charge on any atom is -0.496 e. The van der Waals surface area contributed by atoms with E-state index in [1.165, 1.54) is 33.1 Å². The first-order valence-electron chi connectivity index (χ1n) is 9.49. The number of ether oxygens (including phenoxy) is 1. The molecular formula is C23H22F4N2O2. The number of nitrogens with zero attached hydrogens (tertiary/aromatic N) is 2. The number of benzene rings is 2.